The average molecular weight is 523 g/mol. The van der Waals surface area contributed by atoms with E-state index in [4.69, 9.17) is 11.2 Å². The first-order chi connectivity index (χ1) is 18.8. The molecule has 0 unspecified atom stereocenters. The number of ether oxygens (including phenoxy) is 1. The van der Waals surface area contributed by atoms with Gasteiger partial charge in [0.2, 0.25) is 0 Å². The Hall–Kier alpha value is -3.71. The molecule has 3 aromatic carbocycles. The highest BCUT2D eigenvalue weighted by Gasteiger charge is 2.31. The Bertz CT molecular complexity index is 1360. The zero-order chi connectivity index (χ0) is 27.7. The van der Waals surface area contributed by atoms with Crippen LogP contribution in [0.5, 0.6) is 17.2 Å². The molecule has 2 saturated carbocycles. The lowest BCUT2D eigenvalue weighted by atomic mass is 9.78. The second-order valence-electron chi connectivity index (χ2n) is 11.5. The highest BCUT2D eigenvalue weighted by Crippen LogP contribution is 2.49. The SMILES string of the molecule is C#CC(=O)Oc1ccc(C(c2cc(C)cc(C3CCCC3)c2O)c2cc(C)cc(C3CCCC3)c2O)c(C)c1. The van der Waals surface area contributed by atoms with Gasteiger partial charge in [0.1, 0.15) is 17.2 Å². The molecule has 0 bridgehead atoms. The molecular formula is C35H38O4. The zero-order valence-electron chi connectivity index (χ0n) is 23.2. The third-order valence-electron chi connectivity index (χ3n) is 8.72. The number of benzene rings is 3. The molecule has 0 heterocycles. The van der Waals surface area contributed by atoms with E-state index in [1.807, 2.05) is 18.9 Å². The van der Waals surface area contributed by atoms with Crippen LogP contribution in [0.4, 0.5) is 0 Å². The number of phenolic OH excluding ortho intramolecular Hbond substituents is 2. The van der Waals surface area contributed by atoms with Gasteiger partial charge in [-0.25, -0.2) is 4.79 Å². The molecule has 39 heavy (non-hydrogen) atoms. The van der Waals surface area contributed by atoms with Crippen molar-refractivity contribution in [2.75, 3.05) is 0 Å². The Morgan fingerprint density at radius 3 is 1.72 bits per heavy atom. The second-order valence-corrected chi connectivity index (χ2v) is 11.5. The van der Waals surface area contributed by atoms with E-state index in [0.29, 0.717) is 29.1 Å². The van der Waals surface area contributed by atoms with Gasteiger partial charge >= 0.3 is 5.97 Å². The van der Waals surface area contributed by atoms with E-state index >= 15 is 0 Å². The van der Waals surface area contributed by atoms with Crippen LogP contribution < -0.4 is 4.74 Å². The fourth-order valence-electron chi connectivity index (χ4n) is 6.88. The minimum absolute atomic E-state index is 0.322. The Kier molecular flexibility index (Phi) is 7.71. The van der Waals surface area contributed by atoms with E-state index in [1.165, 1.54) is 25.7 Å². The highest BCUT2D eigenvalue weighted by atomic mass is 16.5. The van der Waals surface area contributed by atoms with Crippen molar-refractivity contribution in [3.05, 3.63) is 87.0 Å². The minimum atomic E-state index is -0.742. The number of terminal acetylenes is 1. The molecule has 4 heteroatoms. The number of phenols is 2. The van der Waals surface area contributed by atoms with E-state index in [9.17, 15) is 15.0 Å². The molecule has 0 atom stereocenters. The number of aromatic hydroxyl groups is 2. The summed E-state index contributed by atoms with van der Waals surface area (Å²) in [7, 11) is 0. The van der Waals surface area contributed by atoms with E-state index in [1.54, 1.807) is 12.1 Å². The molecule has 5 rings (SSSR count). The van der Waals surface area contributed by atoms with Crippen LogP contribution in [0.3, 0.4) is 0 Å². The summed E-state index contributed by atoms with van der Waals surface area (Å²) in [6, 6.07) is 13.8. The largest absolute Gasteiger partial charge is 0.507 e. The van der Waals surface area contributed by atoms with Gasteiger partial charge in [-0.05, 0) is 92.7 Å². The topological polar surface area (TPSA) is 66.8 Å². The van der Waals surface area contributed by atoms with Gasteiger partial charge in [0.05, 0.1) is 0 Å². The van der Waals surface area contributed by atoms with Gasteiger partial charge in [-0.3, -0.25) is 0 Å². The van der Waals surface area contributed by atoms with Gasteiger partial charge in [-0.15, -0.1) is 6.42 Å². The third kappa shape index (κ3) is 5.41. The summed E-state index contributed by atoms with van der Waals surface area (Å²) in [6.45, 7) is 6.12. The third-order valence-corrected chi connectivity index (χ3v) is 8.72. The summed E-state index contributed by atoms with van der Waals surface area (Å²) in [6.07, 6.45) is 14.2. The average Bonchev–Trinajstić information content (AvgIpc) is 3.64. The Morgan fingerprint density at radius 2 is 1.28 bits per heavy atom. The number of hydrogen-bond donors (Lipinski definition) is 2. The van der Waals surface area contributed by atoms with Crippen molar-refractivity contribution in [3.8, 4) is 29.6 Å². The van der Waals surface area contributed by atoms with Crippen LogP contribution in [0.15, 0.2) is 42.5 Å². The molecule has 202 valence electrons. The van der Waals surface area contributed by atoms with Gasteiger partial charge in [-0.1, -0.05) is 67.1 Å². The molecule has 3 aromatic rings. The number of carbonyl (C=O) groups excluding carboxylic acids is 1. The van der Waals surface area contributed by atoms with Crippen LogP contribution in [0.25, 0.3) is 0 Å². The number of rotatable bonds is 6. The summed E-state index contributed by atoms with van der Waals surface area (Å²) in [4.78, 5) is 11.7. The number of carbonyl (C=O) groups is 1. The zero-order valence-corrected chi connectivity index (χ0v) is 23.2. The first-order valence-corrected chi connectivity index (χ1v) is 14.2. The van der Waals surface area contributed by atoms with Crippen molar-refractivity contribution < 1.29 is 19.7 Å². The predicted octanol–water partition coefficient (Wildman–Crippen LogP) is 8.06. The first kappa shape index (κ1) is 26.9. The van der Waals surface area contributed by atoms with Crippen molar-refractivity contribution in [2.24, 2.45) is 0 Å². The number of aryl methyl sites for hydroxylation is 3. The quantitative estimate of drug-likeness (QED) is 0.113. The van der Waals surface area contributed by atoms with Crippen LogP contribution in [0.2, 0.25) is 0 Å². The fourth-order valence-corrected chi connectivity index (χ4v) is 6.88. The van der Waals surface area contributed by atoms with Gasteiger partial charge < -0.3 is 14.9 Å². The monoisotopic (exact) mass is 522 g/mol. The van der Waals surface area contributed by atoms with Crippen LogP contribution >= 0.6 is 0 Å². The molecule has 0 spiro atoms. The Labute approximate surface area is 232 Å². The summed E-state index contributed by atoms with van der Waals surface area (Å²) < 4.78 is 5.28. The Balaban J connectivity index is 1.72. The van der Waals surface area contributed by atoms with Gasteiger partial charge in [0.15, 0.2) is 0 Å². The molecule has 2 N–H and O–H groups in total. The molecule has 0 aliphatic heterocycles. The lowest BCUT2D eigenvalue weighted by molar-refractivity contribution is -0.128. The van der Waals surface area contributed by atoms with Gasteiger partial charge in [-0.2, -0.15) is 0 Å². The molecule has 2 aliphatic carbocycles. The lowest BCUT2D eigenvalue weighted by Crippen LogP contribution is -2.11. The van der Waals surface area contributed by atoms with Crippen LogP contribution in [0.1, 0.15) is 114 Å². The molecule has 0 radical (unpaired) electrons. The van der Waals surface area contributed by atoms with E-state index in [-0.39, 0.29) is 0 Å². The highest BCUT2D eigenvalue weighted by molar-refractivity contribution is 5.89. The summed E-state index contributed by atoms with van der Waals surface area (Å²) in [5.74, 6) is 2.55. The van der Waals surface area contributed by atoms with Crippen LogP contribution in [0, 0.1) is 33.1 Å². The van der Waals surface area contributed by atoms with Crippen molar-refractivity contribution in [1.29, 1.82) is 0 Å². The van der Waals surface area contributed by atoms with E-state index < -0.39 is 11.9 Å². The van der Waals surface area contributed by atoms with Crippen LogP contribution in [-0.2, 0) is 4.79 Å². The molecule has 0 amide bonds. The standard InChI is InChI=1S/C35H38O4/c1-5-32(36)39-26-14-15-27(23(4)20-26)33(30-18-21(2)16-28(34(30)37)24-10-6-7-11-24)31-19-22(3)17-29(35(31)38)25-12-8-9-13-25/h1,14-20,24-25,33,37-38H,6-13H2,2-4H3. The van der Waals surface area contributed by atoms with Crippen molar-refractivity contribution in [3.63, 3.8) is 0 Å². The van der Waals surface area contributed by atoms with Crippen molar-refractivity contribution >= 4 is 5.97 Å². The molecular weight excluding hydrogens is 484 g/mol. The predicted molar refractivity (Wildman–Crippen MR) is 155 cm³/mol. The second kappa shape index (κ2) is 11.2. The van der Waals surface area contributed by atoms with Gasteiger partial charge in [0, 0.05) is 23.0 Å². The minimum Gasteiger partial charge on any atom is -0.507 e. The molecule has 2 aliphatic rings. The molecule has 4 nitrogen and oxygen atoms in total. The van der Waals surface area contributed by atoms with E-state index in [2.05, 4.69) is 38.1 Å². The summed E-state index contributed by atoms with van der Waals surface area (Å²) in [5, 5.41) is 23.7. The molecule has 0 aromatic heterocycles. The Morgan fingerprint density at radius 1 is 0.795 bits per heavy atom. The fraction of sp³-hybridized carbons (Fsp3) is 0.400. The number of esters is 1. The first-order valence-electron chi connectivity index (χ1n) is 14.2. The smallest absolute Gasteiger partial charge is 0.389 e. The van der Waals surface area contributed by atoms with E-state index in [0.717, 1.165) is 70.2 Å². The normalized spacial score (nSPS) is 16.1. The van der Waals surface area contributed by atoms with Crippen molar-refractivity contribution in [1.82, 2.24) is 0 Å². The van der Waals surface area contributed by atoms with Gasteiger partial charge in [0.25, 0.3) is 0 Å². The van der Waals surface area contributed by atoms with Crippen molar-refractivity contribution in [2.45, 2.75) is 89.9 Å². The summed E-state index contributed by atoms with van der Waals surface area (Å²) in [5.41, 5.74) is 7.62. The van der Waals surface area contributed by atoms with Crippen LogP contribution in [-0.4, -0.2) is 16.2 Å². The maximum Gasteiger partial charge on any atom is 0.389 e. The lowest BCUT2D eigenvalue weighted by Gasteiger charge is -2.27. The molecule has 0 saturated heterocycles. The maximum absolute atomic E-state index is 11.8. The molecule has 2 fully saturated rings. The maximum atomic E-state index is 11.8. The number of hydrogen-bond acceptors (Lipinski definition) is 4. The summed E-state index contributed by atoms with van der Waals surface area (Å²) >= 11 is 0.